The van der Waals surface area contributed by atoms with Gasteiger partial charge in [-0.25, -0.2) is 0 Å². The van der Waals surface area contributed by atoms with E-state index in [1.807, 2.05) is 33.9 Å². The van der Waals surface area contributed by atoms with Gasteiger partial charge in [0.15, 0.2) is 8.32 Å². The zero-order chi connectivity index (χ0) is 15.6. The highest BCUT2D eigenvalue weighted by Crippen LogP contribution is 2.38. The summed E-state index contributed by atoms with van der Waals surface area (Å²) in [6, 6.07) is 5.34. The molecule has 0 amide bonds. The summed E-state index contributed by atoms with van der Waals surface area (Å²) >= 11 is 0. The Balaban J connectivity index is 2.81. The van der Waals surface area contributed by atoms with Gasteiger partial charge in [-0.05, 0) is 18.1 Å². The number of aldehydes is 1. The van der Waals surface area contributed by atoms with E-state index >= 15 is 0 Å². The van der Waals surface area contributed by atoms with Crippen molar-refractivity contribution >= 4 is 14.6 Å². The Kier molecular flexibility index (Phi) is 4.87. The van der Waals surface area contributed by atoms with Gasteiger partial charge in [0.1, 0.15) is 12.9 Å². The fraction of sp³-hybridized carbons (Fsp3) is 0.533. The van der Waals surface area contributed by atoms with Crippen molar-refractivity contribution in [1.82, 2.24) is 0 Å². The van der Waals surface area contributed by atoms with Gasteiger partial charge in [-0.2, -0.15) is 8.78 Å². The SMILES string of the molecule is CC(C)(C)[Si](C)(C)OCC(F)(F)c1ccc(C=O)cc1. The number of carbonyl (C=O) groups is 1. The highest BCUT2D eigenvalue weighted by molar-refractivity contribution is 6.74. The van der Waals surface area contributed by atoms with E-state index in [1.165, 1.54) is 24.3 Å². The standard InChI is InChI=1S/C15H22F2O2Si/c1-14(2,3)20(4,5)19-11-15(16,17)13-8-6-12(10-18)7-9-13/h6-10H,11H2,1-5H3. The third-order valence-electron chi connectivity index (χ3n) is 3.89. The Morgan fingerprint density at radius 1 is 1.15 bits per heavy atom. The monoisotopic (exact) mass is 300 g/mol. The molecule has 20 heavy (non-hydrogen) atoms. The third-order valence-corrected chi connectivity index (χ3v) is 8.37. The number of carbonyl (C=O) groups excluding carboxylic acids is 1. The van der Waals surface area contributed by atoms with Crippen LogP contribution in [0, 0.1) is 0 Å². The molecule has 0 fully saturated rings. The van der Waals surface area contributed by atoms with Gasteiger partial charge in [-0.3, -0.25) is 4.79 Å². The van der Waals surface area contributed by atoms with E-state index in [2.05, 4.69) is 0 Å². The van der Waals surface area contributed by atoms with Crippen LogP contribution in [0.1, 0.15) is 36.7 Å². The Morgan fingerprint density at radius 2 is 1.65 bits per heavy atom. The van der Waals surface area contributed by atoms with Crippen LogP contribution in [0.2, 0.25) is 18.1 Å². The average molecular weight is 300 g/mol. The van der Waals surface area contributed by atoms with Gasteiger partial charge in [0.2, 0.25) is 0 Å². The molecule has 1 aromatic carbocycles. The minimum Gasteiger partial charge on any atom is -0.410 e. The van der Waals surface area contributed by atoms with E-state index in [1.54, 1.807) is 0 Å². The largest absolute Gasteiger partial charge is 0.410 e. The highest BCUT2D eigenvalue weighted by atomic mass is 28.4. The molecule has 0 saturated heterocycles. The third kappa shape index (κ3) is 3.96. The van der Waals surface area contributed by atoms with Gasteiger partial charge >= 0.3 is 0 Å². The van der Waals surface area contributed by atoms with Crippen molar-refractivity contribution in [1.29, 1.82) is 0 Å². The molecule has 1 aromatic rings. The number of hydrogen-bond acceptors (Lipinski definition) is 2. The normalized spacial score (nSPS) is 13.3. The molecule has 0 aliphatic carbocycles. The van der Waals surface area contributed by atoms with Crippen LogP contribution in [0.4, 0.5) is 8.78 Å². The van der Waals surface area contributed by atoms with Gasteiger partial charge in [-0.1, -0.05) is 45.0 Å². The molecule has 1 rings (SSSR count). The lowest BCUT2D eigenvalue weighted by molar-refractivity contribution is -0.0508. The van der Waals surface area contributed by atoms with Crippen molar-refractivity contribution in [3.8, 4) is 0 Å². The van der Waals surface area contributed by atoms with Gasteiger partial charge in [0.25, 0.3) is 5.92 Å². The molecule has 0 unspecified atom stereocenters. The van der Waals surface area contributed by atoms with Crippen molar-refractivity contribution < 1.29 is 18.0 Å². The Hall–Kier alpha value is -1.07. The quantitative estimate of drug-likeness (QED) is 0.586. The zero-order valence-electron chi connectivity index (χ0n) is 12.7. The summed E-state index contributed by atoms with van der Waals surface area (Å²) in [4.78, 5) is 10.5. The molecule has 0 atom stereocenters. The lowest BCUT2D eigenvalue weighted by Crippen LogP contribution is -2.43. The maximum absolute atomic E-state index is 14.1. The Labute approximate surface area is 120 Å². The summed E-state index contributed by atoms with van der Waals surface area (Å²) in [5.74, 6) is -3.04. The van der Waals surface area contributed by atoms with E-state index in [0.29, 0.717) is 11.8 Å². The van der Waals surface area contributed by atoms with Crippen LogP contribution in [0.3, 0.4) is 0 Å². The first-order valence-electron chi connectivity index (χ1n) is 6.57. The fourth-order valence-corrected chi connectivity index (χ4v) is 2.35. The van der Waals surface area contributed by atoms with E-state index in [4.69, 9.17) is 4.43 Å². The number of benzene rings is 1. The summed E-state index contributed by atoms with van der Waals surface area (Å²) < 4.78 is 33.8. The van der Waals surface area contributed by atoms with Crippen LogP contribution in [-0.2, 0) is 10.3 Å². The van der Waals surface area contributed by atoms with Crippen LogP contribution in [0.15, 0.2) is 24.3 Å². The molecule has 112 valence electrons. The van der Waals surface area contributed by atoms with Gasteiger partial charge in [0, 0.05) is 11.1 Å². The second kappa shape index (κ2) is 5.74. The number of halogens is 2. The molecule has 0 aliphatic rings. The minimum absolute atomic E-state index is 0.107. The maximum atomic E-state index is 14.1. The van der Waals surface area contributed by atoms with Gasteiger partial charge < -0.3 is 4.43 Å². The minimum atomic E-state index is -3.04. The van der Waals surface area contributed by atoms with Crippen LogP contribution < -0.4 is 0 Å². The molecule has 0 aliphatic heterocycles. The number of hydrogen-bond donors (Lipinski definition) is 0. The highest BCUT2D eigenvalue weighted by Gasteiger charge is 2.41. The molecule has 0 N–H and O–H groups in total. The smallest absolute Gasteiger partial charge is 0.294 e. The molecular weight excluding hydrogens is 278 g/mol. The second-order valence-electron chi connectivity index (χ2n) is 6.49. The van der Waals surface area contributed by atoms with Crippen LogP contribution in [0.25, 0.3) is 0 Å². The first-order valence-corrected chi connectivity index (χ1v) is 9.48. The van der Waals surface area contributed by atoms with E-state index in [9.17, 15) is 13.6 Å². The lowest BCUT2D eigenvalue weighted by atomic mass is 10.1. The average Bonchev–Trinajstić information content (AvgIpc) is 2.35. The molecule has 5 heteroatoms. The molecule has 0 aromatic heterocycles. The first kappa shape index (κ1) is 17.0. The first-order chi connectivity index (χ1) is 8.99. The summed E-state index contributed by atoms with van der Waals surface area (Å²) in [5.41, 5.74) is 0.261. The zero-order valence-corrected chi connectivity index (χ0v) is 13.7. The molecule has 0 radical (unpaired) electrons. The topological polar surface area (TPSA) is 26.3 Å². The molecule has 0 saturated carbocycles. The van der Waals surface area contributed by atoms with E-state index in [0.717, 1.165) is 0 Å². The summed E-state index contributed by atoms with van der Waals surface area (Å²) in [6.07, 6.45) is 0.633. The van der Waals surface area contributed by atoms with E-state index < -0.39 is 20.8 Å². The Morgan fingerprint density at radius 3 is 2.05 bits per heavy atom. The number of rotatable bonds is 5. The molecule has 2 nitrogen and oxygen atoms in total. The van der Waals surface area contributed by atoms with Crippen molar-refractivity contribution in [3.05, 3.63) is 35.4 Å². The van der Waals surface area contributed by atoms with Crippen LogP contribution in [-0.4, -0.2) is 21.2 Å². The van der Waals surface area contributed by atoms with Crippen LogP contribution in [0.5, 0.6) is 0 Å². The van der Waals surface area contributed by atoms with E-state index in [-0.39, 0.29) is 10.6 Å². The molecular formula is C15H22F2O2Si. The predicted octanol–water partition coefficient (Wildman–Crippen LogP) is 4.61. The second-order valence-corrected chi connectivity index (χ2v) is 11.3. The Bertz CT molecular complexity index is 462. The fourth-order valence-electron chi connectivity index (χ4n) is 1.38. The predicted molar refractivity (Wildman–Crippen MR) is 78.9 cm³/mol. The summed E-state index contributed by atoms with van der Waals surface area (Å²) in [5, 5.41) is -0.107. The molecule has 0 bridgehead atoms. The van der Waals surface area contributed by atoms with Crippen LogP contribution >= 0.6 is 0 Å². The van der Waals surface area contributed by atoms with Crippen molar-refractivity contribution in [2.75, 3.05) is 6.61 Å². The van der Waals surface area contributed by atoms with Crippen molar-refractivity contribution in [3.63, 3.8) is 0 Å². The molecule has 0 heterocycles. The number of alkyl halides is 2. The maximum Gasteiger partial charge on any atom is 0.294 e. The summed E-state index contributed by atoms with van der Waals surface area (Å²) in [6.45, 7) is 9.30. The van der Waals surface area contributed by atoms with Crippen molar-refractivity contribution in [2.24, 2.45) is 0 Å². The van der Waals surface area contributed by atoms with Gasteiger partial charge in [-0.15, -0.1) is 0 Å². The van der Waals surface area contributed by atoms with Crippen molar-refractivity contribution in [2.45, 2.75) is 44.8 Å². The lowest BCUT2D eigenvalue weighted by Gasteiger charge is -2.37. The summed E-state index contributed by atoms with van der Waals surface area (Å²) in [7, 11) is -2.20. The molecule has 0 spiro atoms. The van der Waals surface area contributed by atoms with Gasteiger partial charge in [0.05, 0.1) is 0 Å².